The molecule has 2 aromatic rings. The van der Waals surface area contributed by atoms with E-state index >= 15 is 0 Å². The SMILES string of the molecule is CCCCC(=O)Oc1c(Cl)cc(C(=CCCC2CC[C@@]3(C)C(CC[C@H]4[C@@H]5CC[C@H]([C@H](C)CCCC(C)C)[C@@]5(C)CC[C@@H]43)C2)c2cc(Cl)c(OC(=O)CCCC)c(C(=O)O)c2)cc1C(=O)O. The largest absolute Gasteiger partial charge is 0.478 e. The summed E-state index contributed by atoms with van der Waals surface area (Å²) < 4.78 is 11.0. The van der Waals surface area contributed by atoms with Crippen molar-refractivity contribution < 1.29 is 38.9 Å². The highest BCUT2D eigenvalue weighted by Crippen LogP contribution is 2.69. The van der Waals surface area contributed by atoms with E-state index in [1.807, 2.05) is 19.9 Å². The van der Waals surface area contributed by atoms with Gasteiger partial charge in [-0.1, -0.05) is 110 Å². The molecule has 4 aliphatic carbocycles. The Bertz CT molecular complexity index is 1980. The molecule has 358 valence electrons. The van der Waals surface area contributed by atoms with Gasteiger partial charge in [0, 0.05) is 12.8 Å². The van der Waals surface area contributed by atoms with Crippen LogP contribution in [0.25, 0.3) is 5.57 Å². The molecule has 0 saturated heterocycles. The standard InChI is InChI=1S/C55H76Cl2O8/c1-8-10-18-48(58)64-50-41(52(60)61)29-36(31-46(50)56)39(37-30-42(53(62)63)51(47(57)32-37)65-49(59)19-11-9-2)17-13-16-35-24-26-54(6)38(28-35)20-21-40-44-23-22-43(34(5)15-12-14-33(3)4)55(44,7)27-25-45(40)54/h17,29-35,38,40,43-45H,8-16,18-28H2,1-7H3,(H,60,61)(H,62,63)/t34-,35?,38?,40+,43-,44+,45+,54+,55-/m1/s1. The van der Waals surface area contributed by atoms with E-state index in [0.29, 0.717) is 58.6 Å². The molecule has 4 fully saturated rings. The lowest BCUT2D eigenvalue weighted by Gasteiger charge is -2.61. The molecule has 10 heteroatoms. The number of hydrogen-bond donors (Lipinski definition) is 2. The summed E-state index contributed by atoms with van der Waals surface area (Å²) in [7, 11) is 0. The molecule has 0 aliphatic heterocycles. The highest BCUT2D eigenvalue weighted by Gasteiger charge is 2.60. The van der Waals surface area contributed by atoms with Crippen LogP contribution in [0.3, 0.4) is 0 Å². The normalized spacial score (nSPS) is 27.5. The topological polar surface area (TPSA) is 127 Å². The van der Waals surface area contributed by atoms with Crippen LogP contribution in [-0.2, 0) is 9.59 Å². The third-order valence-electron chi connectivity index (χ3n) is 17.0. The van der Waals surface area contributed by atoms with E-state index in [4.69, 9.17) is 32.7 Å². The first-order valence-electron chi connectivity index (χ1n) is 25.2. The fourth-order valence-electron chi connectivity index (χ4n) is 13.5. The predicted octanol–water partition coefficient (Wildman–Crippen LogP) is 15.5. The van der Waals surface area contributed by atoms with Crippen LogP contribution in [0.5, 0.6) is 11.5 Å². The molecule has 8 nitrogen and oxygen atoms in total. The maximum atomic E-state index is 12.7. The highest BCUT2D eigenvalue weighted by molar-refractivity contribution is 6.33. The number of halogens is 2. The quantitative estimate of drug-likeness (QED) is 0.0993. The number of rotatable bonds is 20. The van der Waals surface area contributed by atoms with Crippen LogP contribution in [0.2, 0.25) is 10.0 Å². The van der Waals surface area contributed by atoms with Crippen LogP contribution in [0, 0.1) is 58.2 Å². The van der Waals surface area contributed by atoms with Crippen molar-refractivity contribution in [2.45, 2.75) is 177 Å². The first-order chi connectivity index (χ1) is 30.9. The van der Waals surface area contributed by atoms with Crippen LogP contribution >= 0.6 is 23.2 Å². The number of carboxylic acids is 2. The minimum Gasteiger partial charge on any atom is -0.478 e. The summed E-state index contributed by atoms with van der Waals surface area (Å²) in [6, 6.07) is 5.93. The third-order valence-corrected chi connectivity index (χ3v) is 17.5. The van der Waals surface area contributed by atoms with Crippen molar-refractivity contribution >= 4 is 52.7 Å². The molecular formula is C55H76Cl2O8. The molecule has 2 N–H and O–H groups in total. The predicted molar refractivity (Wildman–Crippen MR) is 260 cm³/mol. The van der Waals surface area contributed by atoms with Crippen LogP contribution in [0.15, 0.2) is 30.3 Å². The number of carboxylic acid groups (broad SMARTS) is 2. The van der Waals surface area contributed by atoms with Gasteiger partial charge in [0.15, 0.2) is 11.5 Å². The summed E-state index contributed by atoms with van der Waals surface area (Å²) in [6.45, 7) is 16.5. The second-order valence-electron chi connectivity index (χ2n) is 21.5. The number of unbranched alkanes of at least 4 members (excludes halogenated alkanes) is 2. The number of allylic oxidation sites excluding steroid dienone is 1. The molecule has 0 radical (unpaired) electrons. The Morgan fingerprint density at radius 1 is 0.723 bits per heavy atom. The summed E-state index contributed by atoms with van der Waals surface area (Å²) in [5, 5.41) is 20.6. The molecule has 0 aromatic heterocycles. The minimum atomic E-state index is -1.33. The van der Waals surface area contributed by atoms with E-state index in [9.17, 15) is 29.4 Å². The summed E-state index contributed by atoms with van der Waals surface area (Å²) in [4.78, 5) is 50.7. The molecule has 9 atom stereocenters. The maximum absolute atomic E-state index is 12.7. The molecular weight excluding hydrogens is 860 g/mol. The van der Waals surface area contributed by atoms with Crippen molar-refractivity contribution in [3.8, 4) is 11.5 Å². The molecule has 65 heavy (non-hydrogen) atoms. The minimum absolute atomic E-state index is 0.0591. The van der Waals surface area contributed by atoms with E-state index in [1.54, 1.807) is 12.1 Å². The lowest BCUT2D eigenvalue weighted by molar-refractivity contribution is -0.135. The van der Waals surface area contributed by atoms with Crippen LogP contribution < -0.4 is 9.47 Å². The van der Waals surface area contributed by atoms with Crippen molar-refractivity contribution in [3.05, 3.63) is 62.6 Å². The Balaban J connectivity index is 1.23. The smallest absolute Gasteiger partial charge is 0.339 e. The van der Waals surface area contributed by atoms with Gasteiger partial charge >= 0.3 is 23.9 Å². The van der Waals surface area contributed by atoms with Crippen molar-refractivity contribution in [3.63, 3.8) is 0 Å². The van der Waals surface area contributed by atoms with E-state index in [0.717, 1.165) is 61.2 Å². The van der Waals surface area contributed by atoms with Gasteiger partial charge in [-0.3, -0.25) is 9.59 Å². The van der Waals surface area contributed by atoms with Crippen molar-refractivity contribution in [2.24, 2.45) is 58.2 Å². The van der Waals surface area contributed by atoms with Gasteiger partial charge in [-0.25, -0.2) is 9.59 Å². The number of fused-ring (bicyclic) bond motifs is 5. The highest BCUT2D eigenvalue weighted by atomic mass is 35.5. The second kappa shape index (κ2) is 22.2. The lowest BCUT2D eigenvalue weighted by Crippen LogP contribution is -2.53. The summed E-state index contributed by atoms with van der Waals surface area (Å²) in [6.07, 6.45) is 22.4. The Kier molecular flexibility index (Phi) is 17.4. The third kappa shape index (κ3) is 11.5. The Morgan fingerprint density at radius 2 is 1.28 bits per heavy atom. The fraction of sp³-hybridized carbons (Fsp3) is 0.673. The van der Waals surface area contributed by atoms with Crippen LogP contribution in [0.4, 0.5) is 0 Å². The molecule has 2 unspecified atom stereocenters. The van der Waals surface area contributed by atoms with Crippen molar-refractivity contribution in [1.82, 2.24) is 0 Å². The van der Waals surface area contributed by atoms with Gasteiger partial charge in [0.05, 0.1) is 10.0 Å². The van der Waals surface area contributed by atoms with Gasteiger partial charge in [0.2, 0.25) is 0 Å². The number of carbonyl (C=O) groups excluding carboxylic acids is 2. The van der Waals surface area contributed by atoms with Crippen molar-refractivity contribution in [1.29, 1.82) is 0 Å². The Labute approximate surface area is 399 Å². The average Bonchev–Trinajstić information content (AvgIpc) is 3.62. The monoisotopic (exact) mass is 934 g/mol. The van der Waals surface area contributed by atoms with Gasteiger partial charge in [0.25, 0.3) is 0 Å². The van der Waals surface area contributed by atoms with E-state index in [2.05, 4.69) is 34.6 Å². The molecule has 2 aromatic carbocycles. The van der Waals surface area contributed by atoms with E-state index < -0.39 is 23.9 Å². The number of hydrogen-bond acceptors (Lipinski definition) is 6. The number of esters is 2. The zero-order chi connectivity index (χ0) is 47.2. The molecule has 6 rings (SSSR count). The zero-order valence-corrected chi connectivity index (χ0v) is 41.8. The van der Waals surface area contributed by atoms with Gasteiger partial charge in [0.1, 0.15) is 11.1 Å². The summed E-state index contributed by atoms with van der Waals surface area (Å²) >= 11 is 13.5. The molecule has 0 spiro atoms. The number of benzene rings is 2. The van der Waals surface area contributed by atoms with Gasteiger partial charge in [-0.15, -0.1) is 0 Å². The van der Waals surface area contributed by atoms with Gasteiger partial charge < -0.3 is 19.7 Å². The molecule has 0 amide bonds. The number of carbonyl (C=O) groups is 4. The van der Waals surface area contributed by atoms with E-state index in [1.165, 1.54) is 82.8 Å². The fourth-order valence-corrected chi connectivity index (χ4v) is 14.0. The first kappa shape index (κ1) is 51.0. The lowest BCUT2D eigenvalue weighted by atomic mass is 9.44. The second-order valence-corrected chi connectivity index (χ2v) is 22.3. The summed E-state index contributed by atoms with van der Waals surface area (Å²) in [5.41, 5.74) is 1.60. The van der Waals surface area contributed by atoms with Gasteiger partial charge in [-0.05, 0) is 183 Å². The number of aromatic carboxylic acids is 2. The average molecular weight is 936 g/mol. The molecule has 4 saturated carbocycles. The maximum Gasteiger partial charge on any atom is 0.339 e. The molecule has 0 heterocycles. The Morgan fingerprint density at radius 3 is 1.82 bits per heavy atom. The van der Waals surface area contributed by atoms with Crippen LogP contribution in [-0.4, -0.2) is 34.1 Å². The number of ether oxygens (including phenoxy) is 2. The Hall–Kier alpha value is -3.36. The van der Waals surface area contributed by atoms with Crippen LogP contribution in [0.1, 0.15) is 209 Å². The molecule has 4 aliphatic rings. The van der Waals surface area contributed by atoms with Crippen molar-refractivity contribution in [2.75, 3.05) is 0 Å². The zero-order valence-electron chi connectivity index (χ0n) is 40.2. The first-order valence-corrected chi connectivity index (χ1v) is 25.9. The van der Waals surface area contributed by atoms with Gasteiger partial charge in [-0.2, -0.15) is 0 Å². The summed E-state index contributed by atoms with van der Waals surface area (Å²) in [5.74, 6) is 1.87. The van der Waals surface area contributed by atoms with E-state index in [-0.39, 0.29) is 45.5 Å². The molecule has 0 bridgehead atoms.